The van der Waals surface area contributed by atoms with Crippen LogP contribution in [0.4, 0.5) is 11.5 Å². The highest BCUT2D eigenvalue weighted by Crippen LogP contribution is 2.22. The predicted octanol–water partition coefficient (Wildman–Crippen LogP) is 1.09. The molecule has 2 rings (SSSR count). The quantitative estimate of drug-likeness (QED) is 0.559. The van der Waals surface area contributed by atoms with Crippen molar-refractivity contribution in [1.82, 2.24) is 8.96 Å². The number of rotatable bonds is 6. The van der Waals surface area contributed by atoms with E-state index in [-0.39, 0.29) is 17.3 Å². The van der Waals surface area contributed by atoms with Gasteiger partial charge in [0.15, 0.2) is 6.61 Å². The van der Waals surface area contributed by atoms with Crippen LogP contribution in [-0.4, -0.2) is 33.5 Å². The van der Waals surface area contributed by atoms with Crippen LogP contribution in [0.3, 0.4) is 0 Å². The predicted molar refractivity (Wildman–Crippen MR) is 76.6 cm³/mol. The van der Waals surface area contributed by atoms with Crippen LogP contribution in [-0.2, 0) is 16.6 Å². The van der Waals surface area contributed by atoms with Crippen LogP contribution in [0.25, 0.3) is 0 Å². The fourth-order valence-electron chi connectivity index (χ4n) is 1.78. The molecule has 0 saturated carbocycles. The zero-order valence-corrected chi connectivity index (χ0v) is 12.5. The molecule has 0 radical (unpaired) electrons. The Morgan fingerprint density at radius 1 is 1.26 bits per heavy atom. The number of benzene rings is 1. The Labute approximate surface area is 129 Å². The summed E-state index contributed by atoms with van der Waals surface area (Å²) in [6.07, 6.45) is 1.59. The Kier molecular flexibility index (Phi) is 4.27. The highest BCUT2D eigenvalue weighted by molar-refractivity contribution is 7.89. The second-order valence-corrected chi connectivity index (χ2v) is 6.19. The van der Waals surface area contributed by atoms with E-state index in [0.29, 0.717) is 3.97 Å². The van der Waals surface area contributed by atoms with Crippen LogP contribution in [0.1, 0.15) is 5.82 Å². The van der Waals surface area contributed by atoms with E-state index >= 15 is 0 Å². The molecule has 0 saturated heterocycles. The minimum absolute atomic E-state index is 0.102. The molecule has 12 heteroatoms. The lowest BCUT2D eigenvalue weighted by Gasteiger charge is -2.05. The second-order valence-electron chi connectivity index (χ2n) is 4.36. The smallest absolute Gasteiger partial charge is 0.358 e. The first-order valence-corrected chi connectivity index (χ1v) is 7.84. The summed E-state index contributed by atoms with van der Waals surface area (Å²) in [7, 11) is -3.97. The first-order valence-electron chi connectivity index (χ1n) is 5.99. The summed E-state index contributed by atoms with van der Waals surface area (Å²) in [6.45, 7) is -0.415. The summed E-state index contributed by atoms with van der Waals surface area (Å²) in [5.41, 5.74) is -0.208. The summed E-state index contributed by atoms with van der Waals surface area (Å²) >= 11 is 0. The SMILES string of the molecule is CS(=O)(=O)n1c([N+](=O)[O-])cnc1COc1cccc([N+](=O)[O-])c1. The van der Waals surface area contributed by atoms with Gasteiger partial charge in [0.25, 0.3) is 11.5 Å². The highest BCUT2D eigenvalue weighted by Gasteiger charge is 2.28. The minimum Gasteiger partial charge on any atom is -0.483 e. The molecule has 11 nitrogen and oxygen atoms in total. The Morgan fingerprint density at radius 3 is 2.52 bits per heavy atom. The molecule has 1 aromatic heterocycles. The molecular weight excluding hydrogens is 332 g/mol. The zero-order valence-electron chi connectivity index (χ0n) is 11.6. The topological polar surface area (TPSA) is 147 Å². The molecule has 0 fully saturated rings. The first kappa shape index (κ1) is 16.4. The van der Waals surface area contributed by atoms with Crippen LogP contribution in [0.5, 0.6) is 5.75 Å². The second kappa shape index (κ2) is 6.00. The van der Waals surface area contributed by atoms with Gasteiger partial charge in [0.1, 0.15) is 11.9 Å². The monoisotopic (exact) mass is 342 g/mol. The molecule has 0 aliphatic carbocycles. The van der Waals surface area contributed by atoms with Crippen molar-refractivity contribution in [2.24, 2.45) is 0 Å². The maximum absolute atomic E-state index is 11.7. The van der Waals surface area contributed by atoms with Gasteiger partial charge < -0.3 is 14.9 Å². The molecule has 2 aromatic rings. The van der Waals surface area contributed by atoms with Gasteiger partial charge in [0.2, 0.25) is 0 Å². The van der Waals surface area contributed by atoms with E-state index in [2.05, 4.69) is 4.98 Å². The van der Waals surface area contributed by atoms with E-state index in [1.807, 2.05) is 0 Å². The van der Waals surface area contributed by atoms with Gasteiger partial charge in [0.05, 0.1) is 17.2 Å². The van der Waals surface area contributed by atoms with Crippen molar-refractivity contribution < 1.29 is 23.0 Å². The summed E-state index contributed by atoms with van der Waals surface area (Å²) in [4.78, 5) is 23.7. The van der Waals surface area contributed by atoms with Gasteiger partial charge in [0, 0.05) is 6.07 Å². The van der Waals surface area contributed by atoms with E-state index in [1.165, 1.54) is 18.2 Å². The summed E-state index contributed by atoms with van der Waals surface area (Å²) in [5.74, 6) is -0.833. The molecule has 1 heterocycles. The fraction of sp³-hybridized carbons (Fsp3) is 0.182. The Balaban J connectivity index is 2.30. The number of imidazole rings is 1. The van der Waals surface area contributed by atoms with Crippen LogP contribution in [0.2, 0.25) is 0 Å². The lowest BCUT2D eigenvalue weighted by molar-refractivity contribution is -0.390. The van der Waals surface area contributed by atoms with Crippen LogP contribution >= 0.6 is 0 Å². The number of hydrogen-bond donors (Lipinski definition) is 0. The van der Waals surface area contributed by atoms with Crippen molar-refractivity contribution in [3.63, 3.8) is 0 Å². The van der Waals surface area contributed by atoms with Crippen LogP contribution < -0.4 is 4.74 Å². The average molecular weight is 342 g/mol. The van der Waals surface area contributed by atoms with Crippen LogP contribution in [0, 0.1) is 20.2 Å². The third kappa shape index (κ3) is 3.60. The van der Waals surface area contributed by atoms with E-state index < -0.39 is 32.3 Å². The Hall–Kier alpha value is -3.02. The largest absolute Gasteiger partial charge is 0.483 e. The standard InChI is InChI=1S/C11H10N4O7S/c1-23(20,21)13-10(12-6-11(13)15(18)19)7-22-9-4-2-3-8(5-9)14(16)17/h2-6H,7H2,1H3. The molecule has 0 unspecified atom stereocenters. The van der Waals surface area contributed by atoms with E-state index in [1.54, 1.807) is 0 Å². The lowest BCUT2D eigenvalue weighted by atomic mass is 10.3. The average Bonchev–Trinajstić information content (AvgIpc) is 2.89. The summed E-state index contributed by atoms with van der Waals surface area (Å²) < 4.78 is 29.0. The summed E-state index contributed by atoms with van der Waals surface area (Å²) in [6, 6.07) is 5.21. The van der Waals surface area contributed by atoms with E-state index in [0.717, 1.165) is 18.5 Å². The maximum Gasteiger partial charge on any atom is 0.358 e. The van der Waals surface area contributed by atoms with E-state index in [4.69, 9.17) is 4.74 Å². The molecular formula is C11H10N4O7S. The molecule has 0 amide bonds. The van der Waals surface area contributed by atoms with Gasteiger partial charge >= 0.3 is 15.8 Å². The first-order chi connectivity index (χ1) is 10.7. The van der Waals surface area contributed by atoms with Gasteiger partial charge in [-0.05, 0) is 11.0 Å². The fourth-order valence-corrected chi connectivity index (χ4v) is 2.72. The van der Waals surface area contributed by atoms with Crippen molar-refractivity contribution in [2.75, 3.05) is 6.26 Å². The third-order valence-corrected chi connectivity index (χ3v) is 3.75. The number of nitrogens with zero attached hydrogens (tertiary/aromatic N) is 4. The zero-order chi connectivity index (χ0) is 17.2. The third-order valence-electron chi connectivity index (χ3n) is 2.69. The lowest BCUT2D eigenvalue weighted by Crippen LogP contribution is -2.17. The number of hydrogen-bond acceptors (Lipinski definition) is 8. The molecule has 0 N–H and O–H groups in total. The molecule has 0 atom stereocenters. The molecule has 122 valence electrons. The number of nitro benzene ring substituents is 1. The van der Waals surface area contributed by atoms with Crippen molar-refractivity contribution in [2.45, 2.75) is 6.61 Å². The van der Waals surface area contributed by atoms with Crippen molar-refractivity contribution >= 4 is 21.5 Å². The van der Waals surface area contributed by atoms with Gasteiger partial charge in [-0.25, -0.2) is 4.98 Å². The van der Waals surface area contributed by atoms with Gasteiger partial charge in [-0.3, -0.25) is 10.1 Å². The van der Waals surface area contributed by atoms with Gasteiger partial charge in [-0.2, -0.15) is 8.42 Å². The van der Waals surface area contributed by atoms with Gasteiger partial charge in [-0.1, -0.05) is 10.0 Å². The molecule has 0 aliphatic rings. The number of non-ortho nitro benzene ring substituents is 1. The maximum atomic E-state index is 11.7. The van der Waals surface area contributed by atoms with Crippen molar-refractivity contribution in [3.05, 3.63) is 56.5 Å². The molecule has 0 aliphatic heterocycles. The van der Waals surface area contributed by atoms with Gasteiger partial charge in [-0.15, -0.1) is 0 Å². The normalized spacial score (nSPS) is 11.2. The highest BCUT2D eigenvalue weighted by atomic mass is 32.2. The van der Waals surface area contributed by atoms with E-state index in [9.17, 15) is 28.6 Å². The Morgan fingerprint density at radius 2 is 1.96 bits per heavy atom. The molecule has 0 bridgehead atoms. The number of aromatic nitrogens is 2. The van der Waals surface area contributed by atoms with Crippen molar-refractivity contribution in [1.29, 1.82) is 0 Å². The molecule has 1 aromatic carbocycles. The van der Waals surface area contributed by atoms with Crippen LogP contribution in [0.15, 0.2) is 30.5 Å². The molecule has 0 spiro atoms. The number of nitro groups is 2. The molecule has 23 heavy (non-hydrogen) atoms. The number of ether oxygens (including phenoxy) is 1. The summed E-state index contributed by atoms with van der Waals surface area (Å²) in [5, 5.41) is 21.5. The Bertz CT molecular complexity index is 874. The minimum atomic E-state index is -3.97. The van der Waals surface area contributed by atoms with Crippen molar-refractivity contribution in [3.8, 4) is 5.75 Å².